The molecule has 5 saturated carbocycles. The summed E-state index contributed by atoms with van der Waals surface area (Å²) in [4.78, 5) is 15.6. The molecule has 9 rings (SSSR count). The number of aliphatic hydroxyl groups is 15. The lowest BCUT2D eigenvalue weighted by molar-refractivity contribution is -0.365. The Morgan fingerprint density at radius 1 is 0.628 bits per heavy atom. The Bertz CT molecular complexity index is 2150. The zero-order valence-electron chi connectivity index (χ0n) is 45.9. The Hall–Kier alpha value is -1.63. The molecular formula is C55H90O23. The summed E-state index contributed by atoms with van der Waals surface area (Å²) in [6.07, 6.45) is -25.7. The number of fused-ring (bicyclic) bond motifs is 7. The average molecular weight is 1120 g/mol. The van der Waals surface area contributed by atoms with Crippen molar-refractivity contribution in [2.24, 2.45) is 56.2 Å². The van der Waals surface area contributed by atoms with Gasteiger partial charge in [-0.25, -0.2) is 0 Å². The fraction of sp³-hybridized carbons (Fsp3) is 0.945. The van der Waals surface area contributed by atoms with E-state index in [2.05, 4.69) is 40.7 Å². The van der Waals surface area contributed by atoms with Gasteiger partial charge in [0.25, 0.3) is 0 Å². The summed E-state index contributed by atoms with van der Waals surface area (Å²) >= 11 is 0. The molecule has 23 nitrogen and oxygen atoms in total. The molecule has 0 aromatic rings. The molecule has 0 unspecified atom stereocenters. The molecule has 15 N–H and O–H groups in total. The molecule has 9 aliphatic rings. The molecule has 0 aromatic carbocycles. The number of aliphatic hydroxyl groups excluding tert-OH is 15. The van der Waals surface area contributed by atoms with E-state index in [1.165, 1.54) is 0 Å². The number of allylic oxidation sites excluding steroid dienone is 2. The van der Waals surface area contributed by atoms with Crippen LogP contribution in [-0.4, -0.2) is 238 Å². The summed E-state index contributed by atoms with van der Waals surface area (Å²) in [5.41, 5.74) is -2.76. The van der Waals surface area contributed by atoms with E-state index >= 15 is 4.79 Å². The van der Waals surface area contributed by atoms with Crippen molar-refractivity contribution in [2.45, 2.75) is 241 Å². The molecule has 3 aliphatic heterocycles. The van der Waals surface area contributed by atoms with Crippen LogP contribution in [-0.2, 0) is 38.0 Å². The fourth-order valence-electron chi connectivity index (χ4n) is 16.9. The molecule has 0 aromatic heterocycles. The van der Waals surface area contributed by atoms with Crippen LogP contribution in [0.3, 0.4) is 0 Å². The molecule has 8 fully saturated rings. The molecule has 3 saturated heterocycles. The van der Waals surface area contributed by atoms with Crippen LogP contribution in [0.25, 0.3) is 0 Å². The van der Waals surface area contributed by atoms with E-state index < -0.39 is 188 Å². The summed E-state index contributed by atoms with van der Waals surface area (Å²) in [5.74, 6) is -2.13. The highest BCUT2D eigenvalue weighted by Crippen LogP contribution is 2.76. The number of ether oxygens (including phenoxy) is 7. The molecule has 0 bridgehead atoms. The Morgan fingerprint density at radius 2 is 1.24 bits per heavy atom. The number of esters is 1. The predicted octanol–water partition coefficient (Wildman–Crippen LogP) is -2.40. The minimum Gasteiger partial charge on any atom is -0.432 e. The third kappa shape index (κ3) is 9.78. The van der Waals surface area contributed by atoms with Crippen LogP contribution in [0.15, 0.2) is 11.6 Å². The molecule has 23 heteroatoms. The standard InChI is InChI=1S/C55H90O23/c1-23-33(60)38(65)42(69)46(73-23)77-45-27(59)18-51(4)31(52(45,5)22-58)10-11-54(7)32(51)9-8-25-26-17-50(2,3)12-14-55(26,15-13-53(25,54)6)49(71)78-48-44(76-47-43(70)40(67)36(63)29(20-57)74-47)41(68)37(64)30(75-48)21-72-28-16-24(19-56)34(61)39(66)35(28)62/h8,23-24,26-48,56-70H,9-22H2,1-7H3/t23-,24+,26-,27-,28+,29+,30+,31+,32+,33-,34+,35-,36+,37+,38+,39-,40-,41-,42+,43+,44+,45-,46-,47-,48-,51-,52-,53+,54+,55-/m0/s1. The van der Waals surface area contributed by atoms with E-state index in [1.54, 1.807) is 6.92 Å². The van der Waals surface area contributed by atoms with Crippen LogP contribution < -0.4 is 0 Å². The third-order valence-electron chi connectivity index (χ3n) is 22.0. The van der Waals surface area contributed by atoms with E-state index in [9.17, 15) is 76.6 Å². The van der Waals surface area contributed by atoms with Crippen LogP contribution >= 0.6 is 0 Å². The largest absolute Gasteiger partial charge is 0.432 e. The number of rotatable bonds is 12. The summed E-state index contributed by atoms with van der Waals surface area (Å²) in [5, 5.41) is 163. The summed E-state index contributed by atoms with van der Waals surface area (Å²) < 4.78 is 42.6. The minimum atomic E-state index is -1.97. The predicted molar refractivity (Wildman–Crippen MR) is 267 cm³/mol. The van der Waals surface area contributed by atoms with Crippen LogP contribution in [0, 0.1) is 56.2 Å². The molecule has 0 spiro atoms. The monoisotopic (exact) mass is 1120 g/mol. The Morgan fingerprint density at radius 3 is 1.90 bits per heavy atom. The molecule has 6 aliphatic carbocycles. The topological polar surface area (TPSA) is 385 Å². The van der Waals surface area contributed by atoms with E-state index in [-0.39, 0.29) is 36.2 Å². The molecule has 3 heterocycles. The number of carbonyl (C=O) groups excluding carboxylic acids is 1. The zero-order chi connectivity index (χ0) is 57.1. The summed E-state index contributed by atoms with van der Waals surface area (Å²) in [6.45, 7) is 12.3. The summed E-state index contributed by atoms with van der Waals surface area (Å²) in [7, 11) is 0. The highest BCUT2D eigenvalue weighted by atomic mass is 16.8. The van der Waals surface area contributed by atoms with Crippen molar-refractivity contribution < 1.29 is 115 Å². The van der Waals surface area contributed by atoms with E-state index in [4.69, 9.17) is 33.2 Å². The first kappa shape index (κ1) is 60.9. The van der Waals surface area contributed by atoms with Gasteiger partial charge in [0, 0.05) is 17.9 Å². The first-order valence-corrected chi connectivity index (χ1v) is 28.3. The van der Waals surface area contributed by atoms with Gasteiger partial charge in [0.1, 0.15) is 73.2 Å². The van der Waals surface area contributed by atoms with Crippen molar-refractivity contribution in [2.75, 3.05) is 26.4 Å². The van der Waals surface area contributed by atoms with Gasteiger partial charge in [-0.2, -0.15) is 0 Å². The molecular weight excluding hydrogens is 1030 g/mol. The van der Waals surface area contributed by atoms with Crippen LogP contribution in [0.5, 0.6) is 0 Å². The first-order chi connectivity index (χ1) is 36.5. The minimum absolute atomic E-state index is 0.0239. The number of carbonyl (C=O) groups is 1. The van der Waals surface area contributed by atoms with Gasteiger partial charge in [-0.15, -0.1) is 0 Å². The van der Waals surface area contributed by atoms with Crippen molar-refractivity contribution in [1.29, 1.82) is 0 Å². The maximum absolute atomic E-state index is 15.6. The van der Waals surface area contributed by atoms with Crippen LogP contribution in [0.2, 0.25) is 0 Å². The number of hydrogen-bond acceptors (Lipinski definition) is 23. The maximum Gasteiger partial charge on any atom is 0.315 e. The molecule has 0 amide bonds. The second-order valence-corrected chi connectivity index (χ2v) is 26.8. The third-order valence-corrected chi connectivity index (χ3v) is 22.0. The van der Waals surface area contributed by atoms with Gasteiger partial charge < -0.3 is 110 Å². The molecule has 448 valence electrons. The normalized spacial score (nSPS) is 55.1. The van der Waals surface area contributed by atoms with Crippen molar-refractivity contribution in [3.8, 4) is 0 Å². The van der Waals surface area contributed by atoms with E-state index in [1.807, 2.05) is 6.92 Å². The lowest BCUT2D eigenvalue weighted by Crippen LogP contribution is -2.69. The zero-order valence-corrected chi connectivity index (χ0v) is 45.9. The Balaban J connectivity index is 1.01. The SMILES string of the molecule is C[C@@H]1O[C@@H](O[C@H]2[C@@H](O)C[C@@]3(C)[C@@H](CC[C@]4(C)[C@@H]3CC=C3[C@@H]5CC(C)(C)CC[C@]5(C(=O)O[C@@H]5O[C@H](CO[C@@H]6C[C@H](CO)[C@@H](O)[C@H](O)[C@H]6O)[C@@H](O)[C@H](O)[C@H]5O[C@@H]5O[C@H](CO)[C@@H](O)[C@H](O)[C@H]5O)CC[C@]34C)[C@]2(C)CO)[C@H](O)[C@H](O)[C@H]1O. The van der Waals surface area contributed by atoms with Gasteiger partial charge in [0.15, 0.2) is 18.7 Å². The quantitative estimate of drug-likeness (QED) is 0.0550. The average Bonchev–Trinajstić information content (AvgIpc) is 3.55. The van der Waals surface area contributed by atoms with Crippen LogP contribution in [0.4, 0.5) is 0 Å². The van der Waals surface area contributed by atoms with Gasteiger partial charge in [-0.3, -0.25) is 4.79 Å². The second-order valence-electron chi connectivity index (χ2n) is 26.8. The van der Waals surface area contributed by atoms with Gasteiger partial charge in [0.05, 0.1) is 55.8 Å². The van der Waals surface area contributed by atoms with Gasteiger partial charge >= 0.3 is 5.97 Å². The highest BCUT2D eigenvalue weighted by Gasteiger charge is 2.72. The van der Waals surface area contributed by atoms with Crippen molar-refractivity contribution in [3.05, 3.63) is 11.6 Å². The van der Waals surface area contributed by atoms with Crippen molar-refractivity contribution in [3.63, 3.8) is 0 Å². The van der Waals surface area contributed by atoms with Crippen molar-refractivity contribution >= 4 is 5.97 Å². The second kappa shape index (κ2) is 22.1. The number of hydrogen-bond donors (Lipinski definition) is 15. The maximum atomic E-state index is 15.6. The van der Waals surface area contributed by atoms with E-state index in [0.717, 1.165) is 12.0 Å². The van der Waals surface area contributed by atoms with Crippen molar-refractivity contribution in [1.82, 2.24) is 0 Å². The Kier molecular flexibility index (Phi) is 17.3. The Labute approximate surface area is 455 Å². The van der Waals surface area contributed by atoms with Gasteiger partial charge in [-0.05, 0) is 111 Å². The first-order valence-electron chi connectivity index (χ1n) is 28.3. The lowest BCUT2D eigenvalue weighted by Gasteiger charge is -2.72. The molecule has 78 heavy (non-hydrogen) atoms. The smallest absolute Gasteiger partial charge is 0.315 e. The molecule has 0 radical (unpaired) electrons. The van der Waals surface area contributed by atoms with Gasteiger partial charge in [0.2, 0.25) is 6.29 Å². The fourth-order valence-corrected chi connectivity index (χ4v) is 16.9. The lowest BCUT2D eigenvalue weighted by atomic mass is 9.33. The summed E-state index contributed by atoms with van der Waals surface area (Å²) in [6, 6.07) is 0. The van der Waals surface area contributed by atoms with Crippen LogP contribution in [0.1, 0.15) is 113 Å². The highest BCUT2D eigenvalue weighted by molar-refractivity contribution is 5.79. The molecule has 30 atom stereocenters. The van der Waals surface area contributed by atoms with E-state index in [0.29, 0.717) is 51.4 Å². The van der Waals surface area contributed by atoms with Gasteiger partial charge in [-0.1, -0.05) is 53.2 Å².